The molecule has 0 saturated carbocycles. The molecule has 0 fully saturated rings. The number of hydrogen-bond donors (Lipinski definition) is 0. The van der Waals surface area contributed by atoms with Crippen LogP contribution in [0.2, 0.25) is 0 Å². The molecule has 2 aromatic heterocycles. The molecule has 0 spiro atoms. The molecule has 104 valence electrons. The maximum Gasteiger partial charge on any atom is 0.321 e. The fraction of sp³-hybridized carbons (Fsp3) is 0.0625. The maximum absolute atomic E-state index is 5.55. The van der Waals surface area contributed by atoms with Crippen molar-refractivity contribution in [2.45, 2.75) is 0 Å². The number of nitrogens with zero attached hydrogens (tertiary/aromatic N) is 3. The number of hydrogen-bond acceptors (Lipinski definition) is 5. The van der Waals surface area contributed by atoms with E-state index in [9.17, 15) is 0 Å². The molecular weight excluding hydrogens is 266 g/mol. The molecule has 0 unspecified atom stereocenters. The second-order valence-electron chi connectivity index (χ2n) is 4.26. The smallest absolute Gasteiger partial charge is 0.321 e. The van der Waals surface area contributed by atoms with Crippen LogP contribution in [0.1, 0.15) is 0 Å². The van der Waals surface area contributed by atoms with E-state index in [0.29, 0.717) is 17.6 Å². The Morgan fingerprint density at radius 1 is 0.857 bits per heavy atom. The topological polar surface area (TPSA) is 57.1 Å². The van der Waals surface area contributed by atoms with Gasteiger partial charge in [-0.25, -0.2) is 15.0 Å². The summed E-state index contributed by atoms with van der Waals surface area (Å²) in [5.41, 5.74) is 1.81. The zero-order chi connectivity index (χ0) is 14.5. The first-order valence-corrected chi connectivity index (χ1v) is 6.40. The van der Waals surface area contributed by atoms with Crippen molar-refractivity contribution < 1.29 is 9.47 Å². The van der Waals surface area contributed by atoms with Crippen LogP contribution >= 0.6 is 0 Å². The van der Waals surface area contributed by atoms with Gasteiger partial charge in [0, 0.05) is 30.2 Å². The Kier molecular flexibility index (Phi) is 3.73. The van der Waals surface area contributed by atoms with Crippen molar-refractivity contribution in [3.05, 3.63) is 61.1 Å². The summed E-state index contributed by atoms with van der Waals surface area (Å²) in [7, 11) is 1.58. The summed E-state index contributed by atoms with van der Waals surface area (Å²) in [6, 6.07) is 13.4. The largest absolute Gasteiger partial charge is 0.481 e. The van der Waals surface area contributed by atoms with Crippen LogP contribution in [0.25, 0.3) is 11.1 Å². The van der Waals surface area contributed by atoms with Gasteiger partial charge < -0.3 is 9.47 Å². The fourth-order valence-corrected chi connectivity index (χ4v) is 1.81. The van der Waals surface area contributed by atoms with Crippen LogP contribution in [0.15, 0.2) is 61.1 Å². The summed E-state index contributed by atoms with van der Waals surface area (Å²) >= 11 is 0. The van der Waals surface area contributed by atoms with Crippen molar-refractivity contribution in [3.8, 4) is 28.8 Å². The first kappa shape index (κ1) is 13.1. The minimum Gasteiger partial charge on any atom is -0.481 e. The zero-order valence-corrected chi connectivity index (χ0v) is 11.4. The van der Waals surface area contributed by atoms with Crippen molar-refractivity contribution in [3.63, 3.8) is 0 Å². The number of pyridine rings is 1. The van der Waals surface area contributed by atoms with E-state index >= 15 is 0 Å². The second kappa shape index (κ2) is 6.00. The average Bonchev–Trinajstić information content (AvgIpc) is 2.56. The molecule has 2 heterocycles. The first-order valence-electron chi connectivity index (χ1n) is 6.40. The molecule has 21 heavy (non-hydrogen) atoms. The highest BCUT2D eigenvalue weighted by Gasteiger charge is 2.04. The lowest BCUT2D eigenvalue weighted by molar-refractivity contribution is 0.398. The summed E-state index contributed by atoms with van der Waals surface area (Å²) in [4.78, 5) is 12.5. The average molecular weight is 279 g/mol. The van der Waals surface area contributed by atoms with Crippen molar-refractivity contribution in [1.82, 2.24) is 15.0 Å². The van der Waals surface area contributed by atoms with Crippen molar-refractivity contribution in [1.29, 1.82) is 0 Å². The van der Waals surface area contributed by atoms with E-state index < -0.39 is 0 Å². The van der Waals surface area contributed by atoms with E-state index in [1.807, 2.05) is 42.5 Å². The maximum atomic E-state index is 5.55. The highest BCUT2D eigenvalue weighted by Crippen LogP contribution is 2.22. The predicted octanol–water partition coefficient (Wildman–Crippen LogP) is 3.34. The van der Waals surface area contributed by atoms with Crippen LogP contribution < -0.4 is 9.47 Å². The summed E-state index contributed by atoms with van der Waals surface area (Å²) in [6.45, 7) is 0. The fourth-order valence-electron chi connectivity index (χ4n) is 1.81. The second-order valence-corrected chi connectivity index (χ2v) is 4.26. The Labute approximate surface area is 122 Å². The van der Waals surface area contributed by atoms with Crippen molar-refractivity contribution >= 4 is 0 Å². The molecule has 1 aromatic carbocycles. The molecule has 0 radical (unpaired) electrons. The highest BCUT2D eigenvalue weighted by atomic mass is 16.5. The lowest BCUT2D eigenvalue weighted by atomic mass is 10.1. The molecule has 0 aliphatic carbocycles. The van der Waals surface area contributed by atoms with E-state index in [4.69, 9.17) is 9.47 Å². The third-order valence-electron chi connectivity index (χ3n) is 2.86. The molecule has 0 saturated heterocycles. The molecule has 0 aliphatic rings. The van der Waals surface area contributed by atoms with E-state index in [-0.39, 0.29) is 0 Å². The van der Waals surface area contributed by atoms with E-state index in [2.05, 4.69) is 15.0 Å². The Morgan fingerprint density at radius 3 is 2.33 bits per heavy atom. The van der Waals surface area contributed by atoms with Gasteiger partial charge in [0.1, 0.15) is 5.75 Å². The van der Waals surface area contributed by atoms with Gasteiger partial charge in [0.2, 0.25) is 5.88 Å². The van der Waals surface area contributed by atoms with Gasteiger partial charge in [0.25, 0.3) is 0 Å². The molecule has 3 aromatic rings. The quantitative estimate of drug-likeness (QED) is 0.733. The van der Waals surface area contributed by atoms with Crippen LogP contribution in [0, 0.1) is 0 Å². The van der Waals surface area contributed by atoms with Crippen LogP contribution in [-0.4, -0.2) is 22.1 Å². The summed E-state index contributed by atoms with van der Waals surface area (Å²) in [5.74, 6) is 1.26. The Hall–Kier alpha value is -2.95. The molecular formula is C16H13N3O2. The molecule has 3 rings (SSSR count). The number of para-hydroxylation sites is 1. The molecule has 0 amide bonds. The normalized spacial score (nSPS) is 10.1. The minimum absolute atomic E-state index is 0.311. The lowest BCUT2D eigenvalue weighted by Gasteiger charge is -2.05. The van der Waals surface area contributed by atoms with Gasteiger partial charge in [0.15, 0.2) is 0 Å². The third kappa shape index (κ3) is 3.14. The third-order valence-corrected chi connectivity index (χ3v) is 2.86. The molecule has 0 aliphatic heterocycles. The number of methoxy groups -OCH3 is 1. The summed E-state index contributed by atoms with van der Waals surface area (Å²) in [5, 5.41) is 0. The van der Waals surface area contributed by atoms with E-state index in [1.54, 1.807) is 25.7 Å². The SMILES string of the molecule is COc1cc(-c2cnc(Oc3ccccc3)nc2)ccn1. The lowest BCUT2D eigenvalue weighted by Crippen LogP contribution is -1.92. The van der Waals surface area contributed by atoms with E-state index in [0.717, 1.165) is 11.1 Å². The molecule has 5 heteroatoms. The number of aromatic nitrogens is 3. The van der Waals surface area contributed by atoms with Gasteiger partial charge in [-0.2, -0.15) is 0 Å². The molecule has 0 bridgehead atoms. The van der Waals surface area contributed by atoms with Crippen LogP contribution in [0.3, 0.4) is 0 Å². The van der Waals surface area contributed by atoms with Crippen LogP contribution in [0.4, 0.5) is 0 Å². The summed E-state index contributed by atoms with van der Waals surface area (Å²) in [6.07, 6.45) is 5.10. The Balaban J connectivity index is 1.80. The predicted molar refractivity (Wildman–Crippen MR) is 78.3 cm³/mol. The van der Waals surface area contributed by atoms with Crippen LogP contribution in [0.5, 0.6) is 17.6 Å². The van der Waals surface area contributed by atoms with Crippen molar-refractivity contribution in [2.24, 2.45) is 0 Å². The van der Waals surface area contributed by atoms with E-state index in [1.165, 1.54) is 0 Å². The zero-order valence-electron chi connectivity index (χ0n) is 11.4. The molecule has 5 nitrogen and oxygen atoms in total. The number of ether oxygens (including phenoxy) is 2. The van der Waals surface area contributed by atoms with Gasteiger partial charge >= 0.3 is 6.01 Å². The Bertz CT molecular complexity index is 715. The summed E-state index contributed by atoms with van der Waals surface area (Å²) < 4.78 is 10.7. The van der Waals surface area contributed by atoms with Gasteiger partial charge in [-0.15, -0.1) is 0 Å². The monoisotopic (exact) mass is 279 g/mol. The molecule has 0 N–H and O–H groups in total. The van der Waals surface area contributed by atoms with Gasteiger partial charge in [-0.3, -0.25) is 0 Å². The van der Waals surface area contributed by atoms with Gasteiger partial charge in [-0.05, 0) is 23.8 Å². The van der Waals surface area contributed by atoms with Crippen LogP contribution in [-0.2, 0) is 0 Å². The molecule has 0 atom stereocenters. The highest BCUT2D eigenvalue weighted by molar-refractivity contribution is 5.62. The van der Waals surface area contributed by atoms with Crippen molar-refractivity contribution in [2.75, 3.05) is 7.11 Å². The van der Waals surface area contributed by atoms with Gasteiger partial charge in [0.05, 0.1) is 7.11 Å². The first-order chi connectivity index (χ1) is 10.3. The minimum atomic E-state index is 0.311. The number of rotatable bonds is 4. The standard InChI is InChI=1S/C16H13N3O2/c1-20-15-9-12(7-8-17-15)13-10-18-16(19-11-13)21-14-5-3-2-4-6-14/h2-11H,1H3. The number of benzene rings is 1. The Morgan fingerprint density at radius 2 is 1.62 bits per heavy atom. The van der Waals surface area contributed by atoms with Gasteiger partial charge in [-0.1, -0.05) is 18.2 Å².